The number of halogens is 3. The Bertz CT molecular complexity index is 1300. The maximum absolute atomic E-state index is 12.6. The summed E-state index contributed by atoms with van der Waals surface area (Å²) in [5.74, 6) is 1.10. The minimum absolute atomic E-state index is 0.0739. The Hall–Kier alpha value is -3.37. The summed E-state index contributed by atoms with van der Waals surface area (Å²) in [7, 11) is 3.09. The predicted octanol–water partition coefficient (Wildman–Crippen LogP) is 6.47. The van der Waals surface area contributed by atoms with Crippen LogP contribution in [-0.2, 0) is 17.9 Å². The van der Waals surface area contributed by atoms with Crippen molar-refractivity contribution in [2.24, 2.45) is 0 Å². The van der Waals surface area contributed by atoms with E-state index in [2.05, 4.69) is 5.32 Å². The van der Waals surface area contributed by atoms with Crippen LogP contribution in [0.3, 0.4) is 0 Å². The number of nitrogens with zero attached hydrogens (tertiary/aromatic N) is 1. The first kappa shape index (κ1) is 26.2. The molecule has 9 heteroatoms. The lowest BCUT2D eigenvalue weighted by atomic mass is 10.1. The van der Waals surface area contributed by atoms with Crippen molar-refractivity contribution in [2.45, 2.75) is 13.2 Å². The monoisotopic (exact) mass is 530 g/mol. The van der Waals surface area contributed by atoms with E-state index in [0.717, 1.165) is 11.1 Å². The first-order chi connectivity index (χ1) is 16.8. The lowest BCUT2D eigenvalue weighted by Gasteiger charge is -2.11. The van der Waals surface area contributed by atoms with Crippen molar-refractivity contribution in [2.75, 3.05) is 14.2 Å². The van der Waals surface area contributed by atoms with E-state index in [-0.39, 0.29) is 18.7 Å². The van der Waals surface area contributed by atoms with E-state index < -0.39 is 5.91 Å². The van der Waals surface area contributed by atoms with Crippen LogP contribution in [0.25, 0.3) is 6.08 Å². The first-order valence-corrected chi connectivity index (χ1v) is 11.4. The molecule has 0 spiro atoms. The summed E-state index contributed by atoms with van der Waals surface area (Å²) in [6.45, 7) is 0.372. The van der Waals surface area contributed by atoms with Crippen LogP contribution in [-0.4, -0.2) is 20.1 Å². The molecule has 0 aromatic heterocycles. The fraction of sp³-hybridized carbons (Fsp3) is 0.154. The average Bonchev–Trinajstić information content (AvgIpc) is 2.86. The lowest BCUT2D eigenvalue weighted by Crippen LogP contribution is -2.24. The first-order valence-electron chi connectivity index (χ1n) is 10.3. The highest BCUT2D eigenvalue weighted by atomic mass is 35.5. The highest BCUT2D eigenvalue weighted by Crippen LogP contribution is 2.29. The maximum atomic E-state index is 12.6. The molecular weight excluding hydrogens is 511 g/mol. The van der Waals surface area contributed by atoms with Crippen molar-refractivity contribution in [1.82, 2.24) is 5.32 Å². The largest absolute Gasteiger partial charge is 0.497 e. The normalized spacial score (nSPS) is 10.9. The second kappa shape index (κ2) is 12.4. The molecule has 1 amide bonds. The van der Waals surface area contributed by atoms with E-state index in [9.17, 15) is 10.1 Å². The zero-order chi connectivity index (χ0) is 25.4. The van der Waals surface area contributed by atoms with Crippen LogP contribution in [0, 0.1) is 11.3 Å². The molecule has 0 bridgehead atoms. The zero-order valence-electron chi connectivity index (χ0n) is 18.9. The molecule has 1 N–H and O–H groups in total. The maximum Gasteiger partial charge on any atom is 0.262 e. The fourth-order valence-electron chi connectivity index (χ4n) is 3.10. The van der Waals surface area contributed by atoms with E-state index in [1.165, 1.54) is 13.2 Å². The van der Waals surface area contributed by atoms with Gasteiger partial charge in [-0.2, -0.15) is 5.26 Å². The molecule has 6 nitrogen and oxygen atoms in total. The number of nitrogens with one attached hydrogen (secondary N) is 1. The van der Waals surface area contributed by atoms with Crippen LogP contribution in [0.1, 0.15) is 16.7 Å². The second-order valence-corrected chi connectivity index (χ2v) is 8.50. The molecule has 0 unspecified atom stereocenters. The van der Waals surface area contributed by atoms with Gasteiger partial charge in [0.25, 0.3) is 5.91 Å². The molecule has 0 saturated heterocycles. The minimum Gasteiger partial charge on any atom is -0.497 e. The molecule has 0 heterocycles. The summed E-state index contributed by atoms with van der Waals surface area (Å²) < 4.78 is 16.3. The Kier molecular flexibility index (Phi) is 9.27. The Morgan fingerprint density at radius 1 is 0.943 bits per heavy atom. The summed E-state index contributed by atoms with van der Waals surface area (Å²) in [6, 6.07) is 17.3. The second-order valence-electron chi connectivity index (χ2n) is 7.24. The van der Waals surface area contributed by atoms with E-state index in [4.69, 9.17) is 49.0 Å². The number of ether oxygens (including phenoxy) is 3. The quantitative estimate of drug-likeness (QED) is 0.253. The third-order valence-electron chi connectivity index (χ3n) is 4.96. The Labute approximate surface area is 218 Å². The van der Waals surface area contributed by atoms with Crippen molar-refractivity contribution in [3.05, 3.63) is 91.9 Å². The molecular formula is C26H21Cl3N2O4. The van der Waals surface area contributed by atoms with Gasteiger partial charge in [0.05, 0.1) is 19.2 Å². The van der Waals surface area contributed by atoms with Gasteiger partial charge in [0, 0.05) is 33.8 Å². The molecule has 3 aromatic rings. The third-order valence-corrected chi connectivity index (χ3v) is 5.85. The third kappa shape index (κ3) is 7.06. The summed E-state index contributed by atoms with van der Waals surface area (Å²) in [4.78, 5) is 12.6. The number of nitriles is 1. The highest BCUT2D eigenvalue weighted by molar-refractivity contribution is 6.35. The van der Waals surface area contributed by atoms with Gasteiger partial charge in [-0.3, -0.25) is 4.79 Å². The SMILES string of the molecule is COc1ccc(CNC(=O)/C(C#N)=C/c2ccc(OCc3ccc(Cl)cc3Cl)c(Cl)c2)c(OC)c1. The molecule has 0 atom stereocenters. The zero-order valence-corrected chi connectivity index (χ0v) is 21.2. The number of hydrogen-bond acceptors (Lipinski definition) is 5. The van der Waals surface area contributed by atoms with Crippen molar-refractivity contribution >= 4 is 46.8 Å². The molecule has 35 heavy (non-hydrogen) atoms. The van der Waals surface area contributed by atoms with Gasteiger partial charge in [-0.15, -0.1) is 0 Å². The van der Waals surface area contributed by atoms with Crippen molar-refractivity contribution in [1.29, 1.82) is 5.26 Å². The van der Waals surface area contributed by atoms with Gasteiger partial charge < -0.3 is 19.5 Å². The van der Waals surface area contributed by atoms with E-state index >= 15 is 0 Å². The topological polar surface area (TPSA) is 80.6 Å². The Morgan fingerprint density at radius 3 is 2.37 bits per heavy atom. The number of rotatable bonds is 9. The Balaban J connectivity index is 1.67. The van der Waals surface area contributed by atoms with Gasteiger partial charge in [0.2, 0.25) is 0 Å². The number of carbonyl (C=O) groups is 1. The van der Waals surface area contributed by atoms with Crippen molar-refractivity contribution < 1.29 is 19.0 Å². The fourth-order valence-corrected chi connectivity index (χ4v) is 3.81. The van der Waals surface area contributed by atoms with Crippen LogP contribution >= 0.6 is 34.8 Å². The molecule has 0 aliphatic rings. The van der Waals surface area contributed by atoms with E-state index in [0.29, 0.717) is 37.9 Å². The molecule has 0 aliphatic carbocycles. The summed E-state index contributed by atoms with van der Waals surface area (Å²) in [5, 5.41) is 13.6. The lowest BCUT2D eigenvalue weighted by molar-refractivity contribution is -0.117. The smallest absolute Gasteiger partial charge is 0.262 e. The van der Waals surface area contributed by atoms with Gasteiger partial charge in [0.15, 0.2) is 0 Å². The predicted molar refractivity (Wildman–Crippen MR) is 137 cm³/mol. The van der Waals surface area contributed by atoms with Crippen LogP contribution in [0.4, 0.5) is 0 Å². The number of carbonyl (C=O) groups excluding carboxylic acids is 1. The average molecular weight is 532 g/mol. The van der Waals surface area contributed by atoms with Crippen LogP contribution in [0.2, 0.25) is 15.1 Å². The molecule has 0 saturated carbocycles. The number of hydrogen-bond donors (Lipinski definition) is 1. The number of benzene rings is 3. The minimum atomic E-state index is -0.529. The van der Waals surface area contributed by atoms with Crippen molar-refractivity contribution in [3.63, 3.8) is 0 Å². The molecule has 0 fully saturated rings. The van der Waals surface area contributed by atoms with E-state index in [1.54, 1.807) is 61.7 Å². The van der Waals surface area contributed by atoms with Crippen molar-refractivity contribution in [3.8, 4) is 23.3 Å². The van der Waals surface area contributed by atoms with Gasteiger partial charge >= 0.3 is 0 Å². The van der Waals surface area contributed by atoms with Crippen LogP contribution in [0.5, 0.6) is 17.2 Å². The standard InChI is InChI=1S/C26H21Cl3N2O4/c1-33-21-7-5-17(25(12-21)34-2)14-31-26(32)19(13-30)9-16-3-8-24(23(29)10-16)35-15-18-4-6-20(27)11-22(18)28/h3-12H,14-15H2,1-2H3,(H,31,32)/b19-9+. The van der Waals surface area contributed by atoms with Gasteiger partial charge in [-0.1, -0.05) is 46.9 Å². The molecule has 3 aromatic carbocycles. The Morgan fingerprint density at radius 2 is 1.71 bits per heavy atom. The van der Waals surface area contributed by atoms with Crippen LogP contribution < -0.4 is 19.5 Å². The highest BCUT2D eigenvalue weighted by Gasteiger charge is 2.12. The van der Waals surface area contributed by atoms with Gasteiger partial charge in [-0.05, 0) is 48.0 Å². The molecule has 0 aliphatic heterocycles. The molecule has 3 rings (SSSR count). The summed E-state index contributed by atoms with van der Waals surface area (Å²) >= 11 is 18.4. The summed E-state index contributed by atoms with van der Waals surface area (Å²) in [5.41, 5.74) is 1.99. The molecule has 180 valence electrons. The summed E-state index contributed by atoms with van der Waals surface area (Å²) in [6.07, 6.45) is 1.45. The van der Waals surface area contributed by atoms with Gasteiger partial charge in [-0.25, -0.2) is 0 Å². The van der Waals surface area contributed by atoms with E-state index in [1.807, 2.05) is 6.07 Å². The number of amides is 1. The molecule has 0 radical (unpaired) electrons. The van der Waals surface area contributed by atoms with Gasteiger partial charge in [0.1, 0.15) is 35.5 Å². The van der Waals surface area contributed by atoms with Crippen LogP contribution in [0.15, 0.2) is 60.2 Å². The number of methoxy groups -OCH3 is 2.